The van der Waals surface area contributed by atoms with Gasteiger partial charge < -0.3 is 20.1 Å². The number of aromatic amines is 1. The maximum Gasteiger partial charge on any atom is 0.256 e. The molecule has 0 unspecified atom stereocenters. The number of nitrogens with one attached hydrogen (secondary N) is 2. The molecule has 1 aliphatic heterocycles. The van der Waals surface area contributed by atoms with Crippen LogP contribution in [-0.2, 0) is 0 Å². The number of rotatable bonds is 7. The molecule has 27 heavy (non-hydrogen) atoms. The van der Waals surface area contributed by atoms with Crippen LogP contribution in [0.1, 0.15) is 30.1 Å². The fraction of sp³-hybridized carbons (Fsp3) is 0.500. The van der Waals surface area contributed by atoms with Gasteiger partial charge in [0.05, 0.1) is 0 Å². The van der Waals surface area contributed by atoms with E-state index in [0.29, 0.717) is 11.9 Å². The number of nitrogens with zero attached hydrogens (tertiary/aromatic N) is 2. The first-order valence-electron chi connectivity index (χ1n) is 9.62. The number of amides is 1. The Balaban J connectivity index is 1.45. The van der Waals surface area contributed by atoms with Crippen LogP contribution in [0.15, 0.2) is 33.7 Å². The average Bonchev–Trinajstić information content (AvgIpc) is 2.68. The second kappa shape index (κ2) is 9.48. The van der Waals surface area contributed by atoms with Gasteiger partial charge in [0.2, 0.25) is 5.43 Å². The van der Waals surface area contributed by atoms with Gasteiger partial charge in [-0.05, 0) is 44.1 Å². The zero-order valence-corrected chi connectivity index (χ0v) is 17.3. The van der Waals surface area contributed by atoms with Gasteiger partial charge in [0, 0.05) is 54.3 Å². The van der Waals surface area contributed by atoms with Crippen LogP contribution in [0.4, 0.5) is 0 Å². The number of pyridine rings is 1. The van der Waals surface area contributed by atoms with Crippen LogP contribution in [0.3, 0.4) is 0 Å². The van der Waals surface area contributed by atoms with Crippen molar-refractivity contribution in [2.75, 3.05) is 45.8 Å². The van der Waals surface area contributed by atoms with Crippen LogP contribution < -0.4 is 10.7 Å². The van der Waals surface area contributed by atoms with Crippen LogP contribution in [0, 0.1) is 0 Å². The first-order chi connectivity index (χ1) is 13.1. The van der Waals surface area contributed by atoms with Crippen LogP contribution in [0.25, 0.3) is 10.9 Å². The van der Waals surface area contributed by atoms with Crippen molar-refractivity contribution in [2.45, 2.75) is 19.8 Å². The number of unbranched alkanes of at least 4 members (excludes halogenated alkanes) is 1. The molecule has 2 aromatic rings. The molecular formula is C20H27BrN4O2. The molecule has 0 aliphatic carbocycles. The Bertz CT molecular complexity index is 843. The maximum absolute atomic E-state index is 12.6. The highest BCUT2D eigenvalue weighted by Crippen LogP contribution is 2.15. The summed E-state index contributed by atoms with van der Waals surface area (Å²) in [6, 6.07) is 5.42. The van der Waals surface area contributed by atoms with Gasteiger partial charge in [-0.2, -0.15) is 0 Å². The third-order valence-electron chi connectivity index (χ3n) is 5.19. The van der Waals surface area contributed by atoms with E-state index in [1.807, 2.05) is 12.1 Å². The summed E-state index contributed by atoms with van der Waals surface area (Å²) in [6.45, 7) is 9.54. The molecule has 1 aromatic carbocycles. The summed E-state index contributed by atoms with van der Waals surface area (Å²) in [7, 11) is 0. The van der Waals surface area contributed by atoms with Crippen molar-refractivity contribution in [3.05, 3.63) is 44.7 Å². The number of aromatic nitrogens is 1. The van der Waals surface area contributed by atoms with E-state index >= 15 is 0 Å². The summed E-state index contributed by atoms with van der Waals surface area (Å²) in [5.41, 5.74) is 0.649. The van der Waals surface area contributed by atoms with Gasteiger partial charge in [0.1, 0.15) is 5.56 Å². The number of H-pyrrole nitrogens is 1. The Morgan fingerprint density at radius 3 is 2.67 bits per heavy atom. The van der Waals surface area contributed by atoms with Crippen LogP contribution in [-0.4, -0.2) is 66.5 Å². The summed E-state index contributed by atoms with van der Waals surface area (Å²) < 4.78 is 0.817. The fourth-order valence-corrected chi connectivity index (χ4v) is 3.81. The van der Waals surface area contributed by atoms with Gasteiger partial charge in [-0.1, -0.05) is 22.9 Å². The topological polar surface area (TPSA) is 68.4 Å². The summed E-state index contributed by atoms with van der Waals surface area (Å²) >= 11 is 3.37. The molecule has 2 N–H and O–H groups in total. The first kappa shape index (κ1) is 20.0. The van der Waals surface area contributed by atoms with Crippen molar-refractivity contribution >= 4 is 32.7 Å². The van der Waals surface area contributed by atoms with Gasteiger partial charge >= 0.3 is 0 Å². The Morgan fingerprint density at radius 1 is 1.19 bits per heavy atom. The van der Waals surface area contributed by atoms with Crippen molar-refractivity contribution in [3.63, 3.8) is 0 Å². The second-order valence-electron chi connectivity index (χ2n) is 6.96. The molecule has 146 valence electrons. The Labute approximate surface area is 168 Å². The summed E-state index contributed by atoms with van der Waals surface area (Å²) in [5.74, 6) is -0.310. The highest BCUT2D eigenvalue weighted by atomic mass is 79.9. The molecule has 0 saturated carbocycles. The van der Waals surface area contributed by atoms with Crippen molar-refractivity contribution < 1.29 is 4.79 Å². The molecule has 1 fully saturated rings. The number of fused-ring (bicyclic) bond motifs is 1. The number of halogens is 1. The second-order valence-corrected chi connectivity index (χ2v) is 7.88. The molecule has 0 spiro atoms. The standard InChI is InChI=1S/C20H27BrN4O2/c1-2-24-9-11-25(12-10-24)8-4-3-7-22-20(27)17-14-23-18-6-5-15(21)13-16(18)19(17)26/h5-6,13-14H,2-4,7-12H2,1H3,(H,22,27)(H,23,26). The highest BCUT2D eigenvalue weighted by Gasteiger charge is 2.15. The largest absolute Gasteiger partial charge is 0.360 e. The van der Waals surface area contributed by atoms with Gasteiger partial charge in [-0.3, -0.25) is 9.59 Å². The van der Waals surface area contributed by atoms with Crippen LogP contribution in [0.2, 0.25) is 0 Å². The minimum atomic E-state index is -0.310. The molecular weight excluding hydrogens is 408 g/mol. The van der Waals surface area contributed by atoms with E-state index in [1.165, 1.54) is 6.20 Å². The van der Waals surface area contributed by atoms with E-state index in [4.69, 9.17) is 0 Å². The van der Waals surface area contributed by atoms with E-state index in [1.54, 1.807) is 6.07 Å². The molecule has 1 aliphatic rings. The third kappa shape index (κ3) is 5.18. The molecule has 0 radical (unpaired) electrons. The Hall–Kier alpha value is -1.70. The lowest BCUT2D eigenvalue weighted by Crippen LogP contribution is -2.46. The number of carbonyl (C=O) groups excluding carboxylic acids is 1. The van der Waals surface area contributed by atoms with E-state index in [2.05, 4.69) is 43.0 Å². The van der Waals surface area contributed by atoms with Gasteiger partial charge in [0.25, 0.3) is 5.91 Å². The zero-order valence-electron chi connectivity index (χ0n) is 15.8. The molecule has 1 aromatic heterocycles. The quantitative estimate of drug-likeness (QED) is 0.656. The van der Waals surface area contributed by atoms with Crippen molar-refractivity contribution in [3.8, 4) is 0 Å². The molecule has 0 atom stereocenters. The van der Waals surface area contributed by atoms with E-state index in [0.717, 1.165) is 62.1 Å². The molecule has 7 heteroatoms. The van der Waals surface area contributed by atoms with Crippen molar-refractivity contribution in [1.82, 2.24) is 20.1 Å². The lowest BCUT2D eigenvalue weighted by molar-refractivity contribution is 0.0950. The lowest BCUT2D eigenvalue weighted by atomic mass is 10.1. The van der Waals surface area contributed by atoms with Crippen molar-refractivity contribution in [2.24, 2.45) is 0 Å². The maximum atomic E-state index is 12.6. The third-order valence-corrected chi connectivity index (χ3v) is 5.68. The lowest BCUT2D eigenvalue weighted by Gasteiger charge is -2.33. The van der Waals surface area contributed by atoms with Crippen LogP contribution >= 0.6 is 15.9 Å². The summed E-state index contributed by atoms with van der Waals surface area (Å²) in [4.78, 5) is 32.9. The average molecular weight is 435 g/mol. The monoisotopic (exact) mass is 434 g/mol. The van der Waals surface area contributed by atoms with E-state index < -0.39 is 0 Å². The molecule has 3 rings (SSSR count). The van der Waals surface area contributed by atoms with Crippen LogP contribution in [0.5, 0.6) is 0 Å². The predicted octanol–water partition coefficient (Wildman–Crippen LogP) is 2.44. The Morgan fingerprint density at radius 2 is 1.93 bits per heavy atom. The summed E-state index contributed by atoms with van der Waals surface area (Å²) in [6.07, 6.45) is 3.46. The number of hydrogen-bond acceptors (Lipinski definition) is 4. The molecule has 1 amide bonds. The Kier molecular flexibility index (Phi) is 7.04. The fourth-order valence-electron chi connectivity index (χ4n) is 3.45. The van der Waals surface area contributed by atoms with Gasteiger partial charge in [-0.25, -0.2) is 0 Å². The van der Waals surface area contributed by atoms with E-state index in [-0.39, 0.29) is 16.9 Å². The molecule has 0 bridgehead atoms. The number of likely N-dealkylation sites (N-methyl/N-ethyl adjacent to an activating group) is 1. The minimum Gasteiger partial charge on any atom is -0.360 e. The first-order valence-corrected chi connectivity index (χ1v) is 10.4. The number of carbonyl (C=O) groups is 1. The predicted molar refractivity (Wildman–Crippen MR) is 112 cm³/mol. The number of hydrogen-bond donors (Lipinski definition) is 2. The van der Waals surface area contributed by atoms with Crippen molar-refractivity contribution in [1.29, 1.82) is 0 Å². The number of piperazine rings is 1. The van der Waals surface area contributed by atoms with Gasteiger partial charge in [-0.15, -0.1) is 0 Å². The SMILES string of the molecule is CCN1CCN(CCCCNC(=O)c2c[nH]c3ccc(Br)cc3c2=O)CC1. The van der Waals surface area contributed by atoms with E-state index in [9.17, 15) is 9.59 Å². The zero-order chi connectivity index (χ0) is 19.2. The minimum absolute atomic E-state index is 0.163. The molecule has 6 nitrogen and oxygen atoms in total. The molecule has 2 heterocycles. The smallest absolute Gasteiger partial charge is 0.256 e. The highest BCUT2D eigenvalue weighted by molar-refractivity contribution is 9.10. The summed E-state index contributed by atoms with van der Waals surface area (Å²) in [5, 5.41) is 3.39. The number of benzene rings is 1. The van der Waals surface area contributed by atoms with Gasteiger partial charge in [0.15, 0.2) is 0 Å². The molecule has 1 saturated heterocycles. The normalized spacial score (nSPS) is 15.9.